The summed E-state index contributed by atoms with van der Waals surface area (Å²) in [4.78, 5) is 0. The van der Waals surface area contributed by atoms with Crippen LogP contribution in [0.25, 0.3) is 0 Å². The Balaban J connectivity index is -0.0000000146. The van der Waals surface area contributed by atoms with Gasteiger partial charge >= 0.3 is 45.2 Å². The zero-order chi connectivity index (χ0) is 15.2. The summed E-state index contributed by atoms with van der Waals surface area (Å²) in [6, 6.07) is 0. The smallest absolute Gasteiger partial charge is 0 e. The molecule has 0 unspecified atom stereocenters. The maximum atomic E-state index is 7.50. The zero-order valence-corrected chi connectivity index (χ0v) is 14.1. The summed E-state index contributed by atoms with van der Waals surface area (Å²) in [5, 5.41) is 0. The van der Waals surface area contributed by atoms with Crippen molar-refractivity contribution in [3.8, 4) is 0 Å². The van der Waals surface area contributed by atoms with Gasteiger partial charge in [-0.1, -0.05) is 39.3 Å². The Bertz CT molecular complexity index is 118. The van der Waals surface area contributed by atoms with Crippen LogP contribution >= 0.6 is 0 Å². The molecular weight excluding hydrogens is 296 g/mol. The molecule has 17 heavy (non-hydrogen) atoms. The van der Waals surface area contributed by atoms with E-state index in [1.54, 1.807) is 0 Å². The van der Waals surface area contributed by atoms with Crippen LogP contribution in [0.2, 0.25) is 39.3 Å². The fourth-order valence-electron chi connectivity index (χ4n) is 0. The van der Waals surface area contributed by atoms with Crippen LogP contribution in [-0.4, -0.2) is 17.6 Å². The van der Waals surface area contributed by atoms with E-state index in [0.29, 0.717) is 0 Å². The second-order valence-corrected chi connectivity index (χ2v) is 9.00. The Morgan fingerprint density at radius 1 is 0.471 bits per heavy atom. The minimum absolute atomic E-state index is 0. The van der Waals surface area contributed by atoms with Gasteiger partial charge in [-0.25, -0.2) is 0 Å². The Hall–Kier alpha value is -0.0868. The molecule has 0 aromatic heterocycles. The maximum absolute atomic E-state index is 7.50. The Kier molecular flexibility index (Phi) is 259. The summed E-state index contributed by atoms with van der Waals surface area (Å²) in [6.45, 7) is 31.6. The van der Waals surface area contributed by atoms with Gasteiger partial charge in [0, 0.05) is 34.7 Å². The van der Waals surface area contributed by atoms with Gasteiger partial charge < -0.3 is 0 Å². The van der Waals surface area contributed by atoms with Crippen molar-refractivity contribution in [3.05, 3.63) is 26.6 Å². The van der Waals surface area contributed by atoms with Gasteiger partial charge in [-0.05, 0) is 0 Å². The molecule has 0 fully saturated rings. The monoisotopic (exact) mass is 314 g/mol. The van der Waals surface area contributed by atoms with E-state index < -0.39 is 0 Å². The minimum Gasteiger partial charge on any atom is 0 e. The third-order valence-electron chi connectivity index (χ3n) is 0. The second kappa shape index (κ2) is 101. The van der Waals surface area contributed by atoms with Crippen LogP contribution in [0.15, 0.2) is 0 Å². The van der Waals surface area contributed by atoms with Crippen LogP contribution in [0.5, 0.6) is 0 Å². The maximum Gasteiger partial charge on any atom is 0 e. The van der Waals surface area contributed by atoms with E-state index in [9.17, 15) is 0 Å². The predicted octanol–water partition coefficient (Wildman–Crippen LogP) is 2.59. The average molecular weight is 314 g/mol. The van der Waals surface area contributed by atoms with E-state index in [4.69, 9.17) is 18.6 Å². The molecular formula is C10H18FeO4Si2. The molecule has 0 aromatic rings. The number of hydrogen-bond donors (Lipinski definition) is 0. The minimum atomic E-state index is 0. The summed E-state index contributed by atoms with van der Waals surface area (Å²) >= 11 is 0. The van der Waals surface area contributed by atoms with Gasteiger partial charge in [0.1, 0.15) is 0 Å². The quantitative estimate of drug-likeness (QED) is 0.374. The zero-order valence-electron chi connectivity index (χ0n) is 11.0. The molecule has 2 radical (unpaired) electrons. The van der Waals surface area contributed by atoms with Gasteiger partial charge in [0.15, 0.2) is 0 Å². The van der Waals surface area contributed by atoms with Gasteiger partial charge in [-0.3, -0.25) is 0 Å². The third-order valence-corrected chi connectivity index (χ3v) is 0. The molecule has 0 aliphatic heterocycles. The van der Waals surface area contributed by atoms with Crippen LogP contribution < -0.4 is 0 Å². The van der Waals surface area contributed by atoms with Crippen molar-refractivity contribution in [3.63, 3.8) is 0 Å². The molecule has 0 saturated heterocycles. The first-order chi connectivity index (χ1) is 7.46. The standard InChI is InChI=1S/2C3H9Si.4CO.Fe/c2*1-4(2)3;4*1-2;/h2*1-3H3;;;;;. The second-order valence-electron chi connectivity index (χ2n) is 3.00. The van der Waals surface area contributed by atoms with Crippen LogP contribution in [0.3, 0.4) is 0 Å². The molecule has 4 nitrogen and oxygen atoms in total. The third kappa shape index (κ3) is 409000. The van der Waals surface area contributed by atoms with Gasteiger partial charge in [0.2, 0.25) is 0 Å². The molecule has 0 amide bonds. The van der Waals surface area contributed by atoms with Crippen molar-refractivity contribution in [2.24, 2.45) is 0 Å². The molecule has 0 aromatic carbocycles. The van der Waals surface area contributed by atoms with Crippen LogP contribution in [0.1, 0.15) is 0 Å². The topological polar surface area (TPSA) is 79.6 Å². The molecule has 0 bridgehead atoms. The van der Waals surface area contributed by atoms with E-state index >= 15 is 0 Å². The van der Waals surface area contributed by atoms with Crippen LogP contribution in [0.4, 0.5) is 0 Å². The molecule has 0 saturated carbocycles. The van der Waals surface area contributed by atoms with Crippen molar-refractivity contribution in [2.45, 2.75) is 39.3 Å². The normalized spacial score (nSPS) is 4.71. The number of rotatable bonds is 0. The summed E-state index contributed by atoms with van der Waals surface area (Å²) in [5.74, 6) is 0. The first-order valence-electron chi connectivity index (χ1n) is 3.82. The van der Waals surface area contributed by atoms with Gasteiger partial charge in [0.25, 0.3) is 0 Å². The summed E-state index contributed by atoms with van der Waals surface area (Å²) < 4.78 is 30.0. The van der Waals surface area contributed by atoms with Crippen molar-refractivity contribution in [2.75, 3.05) is 0 Å². The summed E-state index contributed by atoms with van der Waals surface area (Å²) in [6.07, 6.45) is 0. The fraction of sp³-hybridized carbons (Fsp3) is 0.600. The first kappa shape index (κ1) is 43.6. The molecule has 0 aliphatic rings. The largest absolute Gasteiger partial charge is 0 e. The van der Waals surface area contributed by atoms with Crippen molar-refractivity contribution < 1.29 is 35.7 Å². The Morgan fingerprint density at radius 3 is 0.471 bits per heavy atom. The summed E-state index contributed by atoms with van der Waals surface area (Å²) in [7, 11) is 0.241. The Morgan fingerprint density at radius 2 is 0.471 bits per heavy atom. The van der Waals surface area contributed by atoms with E-state index in [1.807, 2.05) is 0 Å². The van der Waals surface area contributed by atoms with Gasteiger partial charge in [-0.15, -0.1) is 0 Å². The van der Waals surface area contributed by atoms with E-state index in [1.165, 1.54) is 0 Å². The molecule has 0 aliphatic carbocycles. The van der Waals surface area contributed by atoms with Crippen LogP contribution in [0, 0.1) is 26.6 Å². The molecule has 98 valence electrons. The molecule has 0 spiro atoms. The molecule has 0 heterocycles. The first-order valence-corrected chi connectivity index (χ1v) is 9.82. The fourth-order valence-corrected chi connectivity index (χ4v) is 0. The SMILES string of the molecule is C[Si](C)C.C[Si](C)C.[C-]#[O+].[C-]#[O+].[C-]#[O+].[C-]#[O+].[Fe]. The van der Waals surface area contributed by atoms with E-state index in [-0.39, 0.29) is 34.7 Å². The molecule has 0 rings (SSSR count). The molecule has 0 atom stereocenters. The van der Waals surface area contributed by atoms with E-state index in [2.05, 4.69) is 65.9 Å². The van der Waals surface area contributed by atoms with Crippen molar-refractivity contribution in [1.29, 1.82) is 0 Å². The van der Waals surface area contributed by atoms with E-state index in [0.717, 1.165) is 0 Å². The van der Waals surface area contributed by atoms with Crippen LogP contribution in [-0.2, 0) is 35.7 Å². The van der Waals surface area contributed by atoms with Gasteiger partial charge in [-0.2, -0.15) is 0 Å². The molecule has 7 heteroatoms. The number of hydrogen-bond acceptors (Lipinski definition) is 0. The summed E-state index contributed by atoms with van der Waals surface area (Å²) in [5.41, 5.74) is 0. The van der Waals surface area contributed by atoms with Gasteiger partial charge in [0.05, 0.1) is 0 Å². The van der Waals surface area contributed by atoms with Crippen molar-refractivity contribution in [1.82, 2.24) is 0 Å². The molecule has 0 N–H and O–H groups in total. The van der Waals surface area contributed by atoms with Crippen molar-refractivity contribution >= 4 is 17.6 Å². The predicted molar refractivity (Wildman–Crippen MR) is 62.4 cm³/mol. The average Bonchev–Trinajstić information content (AvgIpc) is 2.27. The Labute approximate surface area is 119 Å².